The number of nitro groups is 1. The highest BCUT2D eigenvalue weighted by atomic mass is 16.6. The molecule has 0 saturated heterocycles. The Morgan fingerprint density at radius 2 is 2.19 bits per heavy atom. The van der Waals surface area contributed by atoms with Crippen molar-refractivity contribution in [3.8, 4) is 5.75 Å². The van der Waals surface area contributed by atoms with Gasteiger partial charge < -0.3 is 15.8 Å². The number of nitro benzene ring substituents is 1. The van der Waals surface area contributed by atoms with Gasteiger partial charge in [-0.15, -0.1) is 0 Å². The summed E-state index contributed by atoms with van der Waals surface area (Å²) in [6.07, 6.45) is 1.44. The van der Waals surface area contributed by atoms with Crippen LogP contribution in [0.25, 0.3) is 0 Å². The molecule has 2 rings (SSSR count). The zero-order valence-electron chi connectivity index (χ0n) is 11.1. The zero-order chi connectivity index (χ0) is 15.4. The van der Waals surface area contributed by atoms with Crippen molar-refractivity contribution in [2.45, 2.75) is 0 Å². The monoisotopic (exact) mass is 288 g/mol. The molecule has 0 fully saturated rings. The maximum atomic E-state index is 12.1. The number of carbonyl (C=O) groups is 1. The van der Waals surface area contributed by atoms with E-state index in [2.05, 4.69) is 10.3 Å². The van der Waals surface area contributed by atoms with Crippen molar-refractivity contribution in [2.24, 2.45) is 0 Å². The molecule has 0 saturated carbocycles. The van der Waals surface area contributed by atoms with Crippen LogP contribution in [0.1, 0.15) is 10.5 Å². The number of non-ortho nitro benzene ring substituents is 1. The van der Waals surface area contributed by atoms with Crippen molar-refractivity contribution >= 4 is 23.0 Å². The van der Waals surface area contributed by atoms with Gasteiger partial charge in [-0.3, -0.25) is 14.9 Å². The largest absolute Gasteiger partial charge is 0.494 e. The first-order valence-electron chi connectivity index (χ1n) is 5.87. The Hall–Kier alpha value is -3.16. The third-order valence-corrected chi connectivity index (χ3v) is 2.70. The number of ether oxygens (including phenoxy) is 1. The number of aromatic nitrogens is 1. The van der Waals surface area contributed by atoms with Crippen LogP contribution in [0.5, 0.6) is 5.75 Å². The smallest absolute Gasteiger partial charge is 0.276 e. The molecule has 1 heterocycles. The Morgan fingerprint density at radius 1 is 1.43 bits per heavy atom. The van der Waals surface area contributed by atoms with Crippen LogP contribution >= 0.6 is 0 Å². The minimum absolute atomic E-state index is 0.0675. The first-order valence-corrected chi connectivity index (χ1v) is 5.87. The number of amides is 1. The molecule has 1 aromatic carbocycles. The van der Waals surface area contributed by atoms with E-state index in [9.17, 15) is 14.9 Å². The van der Waals surface area contributed by atoms with Crippen LogP contribution in [-0.4, -0.2) is 22.9 Å². The maximum absolute atomic E-state index is 12.1. The standard InChI is InChI=1S/C13H12N4O4/c1-21-11-7-8(17(19)20)4-5-10(11)16-13(18)12-9(14)3-2-6-15-12/h2-7H,14H2,1H3,(H,16,18). The van der Waals surface area contributed by atoms with Gasteiger partial charge in [-0.05, 0) is 18.2 Å². The molecule has 0 aliphatic heterocycles. The maximum Gasteiger partial charge on any atom is 0.276 e. The Bertz CT molecular complexity index is 702. The van der Waals surface area contributed by atoms with Gasteiger partial charge >= 0.3 is 0 Å². The number of nitrogens with two attached hydrogens (primary N) is 1. The summed E-state index contributed by atoms with van der Waals surface area (Å²) in [5.41, 5.74) is 6.12. The third kappa shape index (κ3) is 3.06. The quantitative estimate of drug-likeness (QED) is 0.654. The molecule has 0 spiro atoms. The summed E-state index contributed by atoms with van der Waals surface area (Å²) >= 11 is 0. The number of anilines is 2. The molecular weight excluding hydrogens is 276 g/mol. The number of nitrogens with one attached hydrogen (secondary N) is 1. The molecular formula is C13H12N4O4. The van der Waals surface area contributed by atoms with Gasteiger partial charge in [-0.1, -0.05) is 0 Å². The molecule has 8 heteroatoms. The van der Waals surface area contributed by atoms with Crippen molar-refractivity contribution in [1.29, 1.82) is 0 Å². The van der Waals surface area contributed by atoms with Crippen molar-refractivity contribution in [1.82, 2.24) is 4.98 Å². The molecule has 2 aromatic rings. The predicted octanol–water partition coefficient (Wildman–Crippen LogP) is 1.83. The van der Waals surface area contributed by atoms with Crippen molar-refractivity contribution in [3.63, 3.8) is 0 Å². The van der Waals surface area contributed by atoms with Crippen molar-refractivity contribution < 1.29 is 14.5 Å². The van der Waals surface area contributed by atoms with E-state index in [0.29, 0.717) is 0 Å². The predicted molar refractivity (Wildman–Crippen MR) is 76.3 cm³/mol. The summed E-state index contributed by atoms with van der Waals surface area (Å²) in [7, 11) is 1.35. The lowest BCUT2D eigenvalue weighted by Gasteiger charge is -2.10. The molecule has 108 valence electrons. The zero-order valence-corrected chi connectivity index (χ0v) is 11.1. The summed E-state index contributed by atoms with van der Waals surface area (Å²) in [5.74, 6) is -0.354. The van der Waals surface area contributed by atoms with E-state index in [1.807, 2.05) is 0 Å². The van der Waals surface area contributed by atoms with E-state index in [0.717, 1.165) is 0 Å². The van der Waals surface area contributed by atoms with Crippen LogP contribution < -0.4 is 15.8 Å². The van der Waals surface area contributed by atoms with Gasteiger partial charge in [0.05, 0.1) is 29.5 Å². The molecule has 1 aromatic heterocycles. The Balaban J connectivity index is 2.29. The highest BCUT2D eigenvalue weighted by Gasteiger charge is 2.16. The van der Waals surface area contributed by atoms with Gasteiger partial charge in [0, 0.05) is 12.3 Å². The highest BCUT2D eigenvalue weighted by molar-refractivity contribution is 6.06. The van der Waals surface area contributed by atoms with Gasteiger partial charge in [0.2, 0.25) is 0 Å². The number of nitrogens with zero attached hydrogens (tertiary/aromatic N) is 2. The van der Waals surface area contributed by atoms with Crippen LogP contribution in [0.3, 0.4) is 0 Å². The molecule has 3 N–H and O–H groups in total. The summed E-state index contributed by atoms with van der Waals surface area (Å²) < 4.78 is 5.03. The first-order chi connectivity index (χ1) is 10.0. The topological polar surface area (TPSA) is 120 Å². The number of benzene rings is 1. The van der Waals surface area contributed by atoms with Gasteiger partial charge in [-0.2, -0.15) is 0 Å². The molecule has 0 bridgehead atoms. The second-order valence-corrected chi connectivity index (χ2v) is 4.04. The number of hydrogen-bond donors (Lipinski definition) is 2. The summed E-state index contributed by atoms with van der Waals surface area (Å²) in [6.45, 7) is 0. The lowest BCUT2D eigenvalue weighted by atomic mass is 10.2. The lowest BCUT2D eigenvalue weighted by molar-refractivity contribution is -0.384. The first kappa shape index (κ1) is 14.3. The molecule has 0 aliphatic carbocycles. The molecule has 0 unspecified atom stereocenters. The van der Waals surface area contributed by atoms with Crippen LogP contribution in [0.4, 0.5) is 17.1 Å². The van der Waals surface area contributed by atoms with Gasteiger partial charge in [0.15, 0.2) is 5.69 Å². The number of rotatable bonds is 4. The minimum Gasteiger partial charge on any atom is -0.494 e. The van der Waals surface area contributed by atoms with Crippen molar-refractivity contribution in [3.05, 3.63) is 52.3 Å². The normalized spacial score (nSPS) is 9.95. The number of methoxy groups -OCH3 is 1. The highest BCUT2D eigenvalue weighted by Crippen LogP contribution is 2.29. The molecule has 21 heavy (non-hydrogen) atoms. The van der Waals surface area contributed by atoms with E-state index < -0.39 is 10.8 Å². The molecule has 0 atom stereocenters. The van der Waals surface area contributed by atoms with Crippen LogP contribution in [-0.2, 0) is 0 Å². The number of pyridine rings is 1. The lowest BCUT2D eigenvalue weighted by Crippen LogP contribution is -2.16. The average Bonchev–Trinajstić information content (AvgIpc) is 2.47. The summed E-state index contributed by atoms with van der Waals surface area (Å²) in [6, 6.07) is 7.03. The Labute approximate surface area is 119 Å². The number of hydrogen-bond acceptors (Lipinski definition) is 6. The second-order valence-electron chi connectivity index (χ2n) is 4.04. The SMILES string of the molecule is COc1cc([N+](=O)[O-])ccc1NC(=O)c1ncccc1N. The van der Waals surface area contributed by atoms with Crippen LogP contribution in [0.2, 0.25) is 0 Å². The van der Waals surface area contributed by atoms with Crippen LogP contribution in [0, 0.1) is 10.1 Å². The van der Waals surface area contributed by atoms with E-state index in [1.54, 1.807) is 12.1 Å². The van der Waals surface area contributed by atoms with Gasteiger partial charge in [0.25, 0.3) is 11.6 Å². The molecule has 0 aliphatic rings. The number of nitrogen functional groups attached to an aromatic ring is 1. The van der Waals surface area contributed by atoms with E-state index >= 15 is 0 Å². The van der Waals surface area contributed by atoms with Crippen LogP contribution in [0.15, 0.2) is 36.5 Å². The Morgan fingerprint density at radius 3 is 2.81 bits per heavy atom. The fraction of sp³-hybridized carbons (Fsp3) is 0.0769. The molecule has 8 nitrogen and oxygen atoms in total. The molecule has 0 radical (unpaired) electrons. The molecule has 1 amide bonds. The summed E-state index contributed by atoms with van der Waals surface area (Å²) in [4.78, 5) is 26.1. The summed E-state index contributed by atoms with van der Waals surface area (Å²) in [5, 5.41) is 13.3. The Kier molecular flexibility index (Phi) is 3.98. The van der Waals surface area contributed by atoms with Crippen molar-refractivity contribution in [2.75, 3.05) is 18.2 Å². The fourth-order valence-corrected chi connectivity index (χ4v) is 1.69. The average molecular weight is 288 g/mol. The van der Waals surface area contributed by atoms with E-state index in [4.69, 9.17) is 10.5 Å². The van der Waals surface area contributed by atoms with Gasteiger partial charge in [-0.25, -0.2) is 4.98 Å². The minimum atomic E-state index is -0.551. The third-order valence-electron chi connectivity index (χ3n) is 2.70. The van der Waals surface area contributed by atoms with E-state index in [1.165, 1.54) is 31.5 Å². The van der Waals surface area contributed by atoms with Gasteiger partial charge in [0.1, 0.15) is 5.75 Å². The van der Waals surface area contributed by atoms with E-state index in [-0.39, 0.29) is 28.5 Å². The fourth-order valence-electron chi connectivity index (χ4n) is 1.69. The second kappa shape index (κ2) is 5.87. The number of carbonyl (C=O) groups excluding carboxylic acids is 1.